The number of piperidine rings is 1. The van der Waals surface area contributed by atoms with Crippen LogP contribution in [0, 0.1) is 82.9 Å². The first-order valence-electron chi connectivity index (χ1n) is 33.3. The van der Waals surface area contributed by atoms with Crippen LogP contribution in [0.1, 0.15) is 331 Å². The normalized spacial score (nSPS) is 24.0. The largest absolute Gasteiger partial charge is 0.306 e. The average molecular weight is 1040 g/mol. The summed E-state index contributed by atoms with van der Waals surface area (Å²) in [5.74, 6) is 12.7. The molecular weight excluding hydrogens is 898 g/mol. The monoisotopic (exact) mass is 1040 g/mol. The molecule has 6 fully saturated rings. The summed E-state index contributed by atoms with van der Waals surface area (Å²) in [5.41, 5.74) is 2.59. The van der Waals surface area contributed by atoms with E-state index in [4.69, 9.17) is 0 Å². The highest BCUT2D eigenvalue weighted by Gasteiger charge is 2.39. The molecule has 0 spiro atoms. The van der Waals surface area contributed by atoms with Crippen LogP contribution in [-0.2, 0) is 0 Å². The van der Waals surface area contributed by atoms with Gasteiger partial charge in [-0.25, -0.2) is 4.39 Å². The maximum absolute atomic E-state index is 13.0. The number of allylic oxidation sites excluding steroid dienone is 4. The third-order valence-corrected chi connectivity index (χ3v) is 19.8. The molecule has 0 N–H and O–H groups in total. The SMILES string of the molecule is C.CC(C)C1(F)CCC1.CC(C)C1=CCCCC1.CC(C)C1=CCCCC1.CC(C)C1CCCCC1.CC(C)C1CCCCC1.CC(C)C1CCCCC1.CC(C)C1CCN(C)CC1.CC1CCC(C(C)C)CC1. The Hall–Kier alpha value is -0.630. The number of rotatable bonds is 8. The van der Waals surface area contributed by atoms with Crippen molar-refractivity contribution in [1.29, 1.82) is 0 Å². The van der Waals surface area contributed by atoms with Crippen LogP contribution in [0.15, 0.2) is 23.3 Å². The third kappa shape index (κ3) is 34.4. The van der Waals surface area contributed by atoms with E-state index in [2.05, 4.69) is 128 Å². The summed E-state index contributed by atoms with van der Waals surface area (Å²) in [6.45, 7) is 41.6. The third-order valence-electron chi connectivity index (χ3n) is 19.8. The lowest BCUT2D eigenvalue weighted by Crippen LogP contribution is -2.37. The highest BCUT2D eigenvalue weighted by atomic mass is 19.1. The van der Waals surface area contributed by atoms with Crippen molar-refractivity contribution in [1.82, 2.24) is 4.90 Å². The minimum Gasteiger partial charge on any atom is -0.306 e. The molecule has 1 heterocycles. The zero-order chi connectivity index (χ0) is 54.8. The summed E-state index contributed by atoms with van der Waals surface area (Å²) in [5, 5.41) is 0. The van der Waals surface area contributed by atoms with Crippen LogP contribution in [0.5, 0.6) is 0 Å². The molecule has 0 aromatic rings. The van der Waals surface area contributed by atoms with Crippen molar-refractivity contribution in [3.8, 4) is 0 Å². The number of hydrogen-bond acceptors (Lipinski definition) is 1. The molecule has 0 amide bonds. The highest BCUT2D eigenvalue weighted by Crippen LogP contribution is 2.41. The number of likely N-dealkylation sites (tertiary alicyclic amines) is 1. The lowest BCUT2D eigenvalue weighted by molar-refractivity contribution is 0.0145. The smallest absolute Gasteiger partial charge is 0.113 e. The predicted molar refractivity (Wildman–Crippen MR) is 337 cm³/mol. The van der Waals surface area contributed by atoms with E-state index in [9.17, 15) is 4.39 Å². The van der Waals surface area contributed by atoms with Gasteiger partial charge in [-0.1, -0.05) is 258 Å². The maximum Gasteiger partial charge on any atom is 0.113 e. The Kier molecular flexibility index (Phi) is 42.8. The van der Waals surface area contributed by atoms with Crippen LogP contribution in [-0.4, -0.2) is 30.7 Å². The van der Waals surface area contributed by atoms with Gasteiger partial charge in [0.1, 0.15) is 5.67 Å². The van der Waals surface area contributed by atoms with Gasteiger partial charge in [0.25, 0.3) is 0 Å². The Bertz CT molecular complexity index is 1180. The molecule has 442 valence electrons. The molecule has 8 aliphatic rings. The molecule has 2 heteroatoms. The fourth-order valence-electron chi connectivity index (χ4n) is 12.9. The fourth-order valence-corrected chi connectivity index (χ4v) is 12.9. The molecular formula is C72H142FN. The van der Waals surface area contributed by atoms with Crippen molar-refractivity contribution >= 4 is 0 Å². The quantitative estimate of drug-likeness (QED) is 0.219. The second kappa shape index (κ2) is 43.2. The van der Waals surface area contributed by atoms with E-state index < -0.39 is 5.67 Å². The number of hydrogen-bond donors (Lipinski definition) is 0. The summed E-state index contributed by atoms with van der Waals surface area (Å²) in [6, 6.07) is 0. The molecule has 5 saturated carbocycles. The van der Waals surface area contributed by atoms with Gasteiger partial charge in [-0.05, 0) is 199 Å². The van der Waals surface area contributed by atoms with Gasteiger partial charge in [-0.2, -0.15) is 0 Å². The molecule has 1 aliphatic heterocycles. The van der Waals surface area contributed by atoms with Crippen LogP contribution in [0.3, 0.4) is 0 Å². The Labute approximate surface area is 469 Å². The summed E-state index contributed by atoms with van der Waals surface area (Å²) in [6.07, 6.45) is 49.7. The first-order valence-corrected chi connectivity index (χ1v) is 33.3. The molecule has 8 rings (SSSR count). The van der Waals surface area contributed by atoms with E-state index in [1.807, 2.05) is 13.8 Å². The Morgan fingerprint density at radius 2 is 0.689 bits per heavy atom. The van der Waals surface area contributed by atoms with Crippen molar-refractivity contribution < 1.29 is 4.39 Å². The van der Waals surface area contributed by atoms with Crippen molar-refractivity contribution in [2.75, 3.05) is 20.1 Å². The van der Waals surface area contributed by atoms with Gasteiger partial charge in [0.05, 0.1) is 0 Å². The van der Waals surface area contributed by atoms with Gasteiger partial charge in [0, 0.05) is 0 Å². The minimum atomic E-state index is -0.778. The van der Waals surface area contributed by atoms with Crippen molar-refractivity contribution in [2.24, 2.45) is 82.9 Å². The van der Waals surface area contributed by atoms with E-state index in [0.29, 0.717) is 0 Å². The van der Waals surface area contributed by atoms with E-state index >= 15 is 0 Å². The molecule has 0 unspecified atom stereocenters. The van der Waals surface area contributed by atoms with Crippen LogP contribution in [0.25, 0.3) is 0 Å². The second-order valence-corrected chi connectivity index (χ2v) is 28.5. The first kappa shape index (κ1) is 73.4. The van der Waals surface area contributed by atoms with Crippen LogP contribution < -0.4 is 0 Å². The molecule has 1 nitrogen and oxygen atoms in total. The maximum atomic E-state index is 13.0. The Morgan fingerprint density at radius 1 is 0.392 bits per heavy atom. The zero-order valence-electron chi connectivity index (χ0n) is 53.6. The highest BCUT2D eigenvalue weighted by molar-refractivity contribution is 5.07. The zero-order valence-corrected chi connectivity index (χ0v) is 53.6. The topological polar surface area (TPSA) is 3.24 Å². The Balaban J connectivity index is 0.000000822. The summed E-state index contributed by atoms with van der Waals surface area (Å²) in [4.78, 5) is 2.43. The lowest BCUT2D eigenvalue weighted by atomic mass is 9.74. The number of alkyl halides is 1. The van der Waals surface area contributed by atoms with Gasteiger partial charge in [-0.15, -0.1) is 0 Å². The molecule has 0 aromatic carbocycles. The summed E-state index contributed by atoms with van der Waals surface area (Å²) in [7, 11) is 2.22. The Morgan fingerprint density at radius 3 is 0.878 bits per heavy atom. The van der Waals surface area contributed by atoms with E-state index in [0.717, 1.165) is 96.2 Å². The van der Waals surface area contributed by atoms with Crippen molar-refractivity contribution in [2.45, 2.75) is 336 Å². The molecule has 74 heavy (non-hydrogen) atoms. The van der Waals surface area contributed by atoms with Crippen LogP contribution in [0.4, 0.5) is 4.39 Å². The predicted octanol–water partition coefficient (Wildman–Crippen LogP) is 24.6. The molecule has 7 aliphatic carbocycles. The van der Waals surface area contributed by atoms with Crippen LogP contribution in [0.2, 0.25) is 0 Å². The standard InChI is InChI=1S/C10H20.C9H19N.3C9H18.2C9H16.C7H13F.CH4/c1-8(2)10-6-4-9(3)5-7-10;1-8(2)9-4-6-10(3)7-5-9;5*1-8(2)9-6-4-3-5-7-9;1-6(2)7(8)4-3-5-7;/h8-10H,4-7H2,1-3H3;8-9H,4-7H2,1-3H3;3*8-9H,3-7H2,1-2H3;2*6,8H,3-5,7H2,1-2H3;6H,3-5H2,1-2H3;1H4. The van der Waals surface area contributed by atoms with E-state index in [-0.39, 0.29) is 13.3 Å². The fraction of sp³-hybridized carbons (Fsp3) is 0.944. The molecule has 1 saturated heterocycles. The van der Waals surface area contributed by atoms with Gasteiger partial charge in [-0.3, -0.25) is 0 Å². The lowest BCUT2D eigenvalue weighted by Gasteiger charge is -2.37. The second-order valence-electron chi connectivity index (χ2n) is 28.5. The van der Waals surface area contributed by atoms with Gasteiger partial charge in [0.15, 0.2) is 0 Å². The van der Waals surface area contributed by atoms with Crippen LogP contribution >= 0.6 is 0 Å². The number of halogens is 1. The van der Waals surface area contributed by atoms with Gasteiger partial charge in [0.2, 0.25) is 0 Å². The van der Waals surface area contributed by atoms with E-state index in [1.165, 1.54) is 199 Å². The first-order chi connectivity index (χ1) is 34.6. The molecule has 0 atom stereocenters. The summed E-state index contributed by atoms with van der Waals surface area (Å²) < 4.78 is 13.0. The molecule has 0 radical (unpaired) electrons. The minimum absolute atomic E-state index is 0. The van der Waals surface area contributed by atoms with Gasteiger partial charge >= 0.3 is 0 Å². The van der Waals surface area contributed by atoms with E-state index in [1.54, 1.807) is 11.1 Å². The molecule has 0 aromatic heterocycles. The van der Waals surface area contributed by atoms with Gasteiger partial charge < -0.3 is 4.90 Å². The molecule has 0 bridgehead atoms. The van der Waals surface area contributed by atoms with Crippen molar-refractivity contribution in [3.63, 3.8) is 0 Å². The number of nitrogens with zero attached hydrogens (tertiary/aromatic N) is 1. The average Bonchev–Trinajstić information content (AvgIpc) is 3.38. The van der Waals surface area contributed by atoms with Crippen molar-refractivity contribution in [3.05, 3.63) is 23.3 Å². The summed E-state index contributed by atoms with van der Waals surface area (Å²) >= 11 is 0.